The Kier molecular flexibility index (Phi) is 8.80. The second kappa shape index (κ2) is 11.9. The summed E-state index contributed by atoms with van der Waals surface area (Å²) in [6.07, 6.45) is -0.312. The molecular formula is C27H38ClN5O6SSi. The average molecular weight is 624 g/mol. The highest BCUT2D eigenvalue weighted by molar-refractivity contribution is 7.90. The molecule has 14 heteroatoms. The van der Waals surface area contributed by atoms with Crippen LogP contribution in [-0.2, 0) is 30.9 Å². The van der Waals surface area contributed by atoms with Crippen molar-refractivity contribution in [3.63, 3.8) is 0 Å². The van der Waals surface area contributed by atoms with E-state index < -0.39 is 36.3 Å². The number of hydrogen-bond donors (Lipinski definition) is 1. The van der Waals surface area contributed by atoms with Crippen LogP contribution in [0, 0.1) is 0 Å². The number of halogens is 1. The second-order valence-corrected chi connectivity index (χ2v) is 20.3. The standard InChI is InChI=1S/C27H38ClN5O6SSi/c1-32(2)40(3,35)31-18-9-7-17(8-10-18)23-19(28)13-20-26(30-23)33(16-36-11-12-41(4,5)6)27(29-20)39-22-15-38-24-21(34)14-37-25(22)24/h7-10,13,21-22,24-25,34H,11-12,14-16H2,1-6H3/t21-,22-,24-,25?,40?/m1/s1. The summed E-state index contributed by atoms with van der Waals surface area (Å²) in [4.78, 5) is 9.60. The zero-order valence-electron chi connectivity index (χ0n) is 24.2. The molecule has 224 valence electrons. The first kappa shape index (κ1) is 30.4. The molecule has 2 unspecified atom stereocenters. The number of imidazole rings is 1. The van der Waals surface area contributed by atoms with Crippen molar-refractivity contribution in [2.75, 3.05) is 40.2 Å². The number of pyridine rings is 1. The number of aromatic nitrogens is 3. The SMILES string of the molecule is CN(C)S(C)(=O)=Nc1ccc(-c2nc3c(cc2Cl)nc(O[C@@H]2CO[C@H]4C2OC[C@H]4O)n3COCC[Si](C)(C)C)cc1. The number of nitrogens with zero attached hydrogens (tertiary/aromatic N) is 5. The van der Waals surface area contributed by atoms with Gasteiger partial charge in [-0.2, -0.15) is 9.35 Å². The van der Waals surface area contributed by atoms with Gasteiger partial charge < -0.3 is 24.1 Å². The van der Waals surface area contributed by atoms with Gasteiger partial charge in [-0.1, -0.05) is 43.4 Å². The van der Waals surface area contributed by atoms with Crippen LogP contribution >= 0.6 is 11.6 Å². The van der Waals surface area contributed by atoms with E-state index in [4.69, 9.17) is 40.5 Å². The zero-order chi connectivity index (χ0) is 29.5. The number of hydrogen-bond acceptors (Lipinski definition) is 9. The molecule has 2 aliphatic heterocycles. The Labute approximate surface area is 247 Å². The Bertz CT molecular complexity index is 1520. The molecule has 2 aliphatic rings. The van der Waals surface area contributed by atoms with Gasteiger partial charge in [0.25, 0.3) is 0 Å². The van der Waals surface area contributed by atoms with E-state index in [9.17, 15) is 9.32 Å². The van der Waals surface area contributed by atoms with Crippen LogP contribution in [0.2, 0.25) is 30.7 Å². The van der Waals surface area contributed by atoms with Gasteiger partial charge in [-0.25, -0.2) is 13.5 Å². The van der Waals surface area contributed by atoms with Gasteiger partial charge in [-0.05, 0) is 24.2 Å². The normalized spacial score (nSPS) is 24.1. The van der Waals surface area contributed by atoms with Gasteiger partial charge in [-0.15, -0.1) is 0 Å². The van der Waals surface area contributed by atoms with Gasteiger partial charge in [0.1, 0.15) is 40.5 Å². The molecule has 5 rings (SSSR count). The van der Waals surface area contributed by atoms with Crippen LogP contribution in [0.15, 0.2) is 34.7 Å². The first-order valence-corrected chi connectivity index (χ1v) is 19.5. The molecule has 1 aromatic carbocycles. The molecule has 2 aromatic heterocycles. The van der Waals surface area contributed by atoms with Gasteiger partial charge in [0.05, 0.1) is 29.6 Å². The van der Waals surface area contributed by atoms with Crippen molar-refractivity contribution in [1.82, 2.24) is 18.8 Å². The largest absolute Gasteiger partial charge is 0.456 e. The first-order chi connectivity index (χ1) is 19.3. The van der Waals surface area contributed by atoms with Crippen LogP contribution in [0.5, 0.6) is 6.01 Å². The third-order valence-corrected chi connectivity index (χ3v) is 11.1. The fraction of sp³-hybridized carbons (Fsp3) is 0.556. The lowest BCUT2D eigenvalue weighted by molar-refractivity contribution is 0.00336. The molecule has 0 bridgehead atoms. The molecule has 3 aromatic rings. The number of ether oxygens (including phenoxy) is 4. The number of rotatable bonds is 10. The maximum absolute atomic E-state index is 12.7. The summed E-state index contributed by atoms with van der Waals surface area (Å²) < 4.78 is 44.3. The van der Waals surface area contributed by atoms with Crippen molar-refractivity contribution in [1.29, 1.82) is 0 Å². The van der Waals surface area contributed by atoms with Crippen LogP contribution in [0.1, 0.15) is 0 Å². The number of aliphatic hydroxyl groups is 1. The highest BCUT2D eigenvalue weighted by Crippen LogP contribution is 2.34. The summed E-state index contributed by atoms with van der Waals surface area (Å²) >= 11 is 6.70. The summed E-state index contributed by atoms with van der Waals surface area (Å²) in [5.74, 6) is 0. The fourth-order valence-electron chi connectivity index (χ4n) is 4.59. The van der Waals surface area contributed by atoms with Crippen molar-refractivity contribution in [2.24, 2.45) is 4.36 Å². The van der Waals surface area contributed by atoms with Gasteiger partial charge in [0.15, 0.2) is 11.8 Å². The average Bonchev–Trinajstić information content (AvgIpc) is 3.56. The van der Waals surface area contributed by atoms with Crippen molar-refractivity contribution in [3.05, 3.63) is 35.4 Å². The Balaban J connectivity index is 1.47. The predicted molar refractivity (Wildman–Crippen MR) is 162 cm³/mol. The van der Waals surface area contributed by atoms with Crippen molar-refractivity contribution in [3.8, 4) is 17.3 Å². The van der Waals surface area contributed by atoms with Crippen LogP contribution in [-0.4, -0.2) is 101 Å². The third kappa shape index (κ3) is 6.78. The molecule has 0 radical (unpaired) electrons. The summed E-state index contributed by atoms with van der Waals surface area (Å²) in [7, 11) is -0.327. The molecule has 2 fully saturated rings. The lowest BCUT2D eigenvalue weighted by atomic mass is 10.1. The quantitative estimate of drug-likeness (QED) is 0.264. The van der Waals surface area contributed by atoms with Gasteiger partial charge in [0.2, 0.25) is 0 Å². The molecule has 0 amide bonds. The summed E-state index contributed by atoms with van der Waals surface area (Å²) in [5, 5.41) is 10.6. The number of fused-ring (bicyclic) bond motifs is 2. The van der Waals surface area contributed by atoms with Crippen LogP contribution in [0.4, 0.5) is 5.69 Å². The Morgan fingerprint density at radius 1 is 1.17 bits per heavy atom. The zero-order valence-corrected chi connectivity index (χ0v) is 26.8. The topological polar surface area (TPSA) is 121 Å². The molecular weight excluding hydrogens is 586 g/mol. The van der Waals surface area contributed by atoms with Crippen molar-refractivity contribution >= 4 is 46.4 Å². The van der Waals surface area contributed by atoms with Gasteiger partial charge in [0, 0.05) is 40.6 Å². The Morgan fingerprint density at radius 3 is 2.56 bits per heavy atom. The van der Waals surface area contributed by atoms with Crippen LogP contribution in [0.25, 0.3) is 22.4 Å². The molecule has 0 aliphatic carbocycles. The summed E-state index contributed by atoms with van der Waals surface area (Å²) in [6, 6.07) is 10.4. The lowest BCUT2D eigenvalue weighted by Crippen LogP contribution is -2.35. The van der Waals surface area contributed by atoms with E-state index in [1.807, 2.05) is 12.1 Å². The Hall–Kier alpha value is -2.10. The molecule has 1 N–H and O–H groups in total. The molecule has 11 nitrogen and oxygen atoms in total. The summed E-state index contributed by atoms with van der Waals surface area (Å²) in [5.41, 5.74) is 3.07. The lowest BCUT2D eigenvalue weighted by Gasteiger charge is -2.19. The minimum atomic E-state index is -2.51. The minimum Gasteiger partial charge on any atom is -0.456 e. The molecule has 0 spiro atoms. The second-order valence-electron chi connectivity index (χ2n) is 11.9. The van der Waals surface area contributed by atoms with E-state index in [0.717, 1.165) is 11.6 Å². The van der Waals surface area contributed by atoms with E-state index in [2.05, 4.69) is 24.0 Å². The van der Waals surface area contributed by atoms with Crippen molar-refractivity contribution < 1.29 is 28.3 Å². The maximum atomic E-state index is 12.7. The van der Waals surface area contributed by atoms with Gasteiger partial charge >= 0.3 is 6.01 Å². The Morgan fingerprint density at radius 2 is 1.88 bits per heavy atom. The molecule has 2 saturated heterocycles. The number of benzene rings is 1. The maximum Gasteiger partial charge on any atom is 0.301 e. The fourth-order valence-corrected chi connectivity index (χ4v) is 6.27. The molecule has 0 saturated carbocycles. The van der Waals surface area contributed by atoms with Gasteiger partial charge in [-0.3, -0.25) is 4.57 Å². The number of aliphatic hydroxyl groups excluding tert-OH is 1. The smallest absolute Gasteiger partial charge is 0.301 e. The molecule has 41 heavy (non-hydrogen) atoms. The van der Waals surface area contributed by atoms with E-state index in [0.29, 0.717) is 40.2 Å². The van der Waals surface area contributed by atoms with Crippen LogP contribution in [0.3, 0.4) is 0 Å². The third-order valence-electron chi connectivity index (χ3n) is 7.19. The predicted octanol–water partition coefficient (Wildman–Crippen LogP) is 4.18. The minimum absolute atomic E-state index is 0.197. The van der Waals surface area contributed by atoms with E-state index in [1.165, 1.54) is 0 Å². The van der Waals surface area contributed by atoms with E-state index in [-0.39, 0.29) is 26.0 Å². The van der Waals surface area contributed by atoms with Crippen LogP contribution < -0.4 is 4.74 Å². The monoisotopic (exact) mass is 623 g/mol. The highest BCUT2D eigenvalue weighted by Gasteiger charge is 2.49. The van der Waals surface area contributed by atoms with E-state index in [1.54, 1.807) is 47.4 Å². The van der Waals surface area contributed by atoms with E-state index >= 15 is 0 Å². The highest BCUT2D eigenvalue weighted by atomic mass is 35.5. The molecule has 5 atom stereocenters. The van der Waals surface area contributed by atoms with Crippen molar-refractivity contribution in [2.45, 2.75) is 56.8 Å². The summed E-state index contributed by atoms with van der Waals surface area (Å²) in [6.45, 7) is 8.21. The molecule has 4 heterocycles. The first-order valence-electron chi connectivity index (χ1n) is 13.5.